The predicted molar refractivity (Wildman–Crippen MR) is 92.7 cm³/mol. The van der Waals surface area contributed by atoms with E-state index in [-0.39, 0.29) is 12.5 Å². The maximum atomic E-state index is 11.9. The first-order valence-corrected chi connectivity index (χ1v) is 8.16. The van der Waals surface area contributed by atoms with Crippen LogP contribution in [0.1, 0.15) is 32.6 Å². The van der Waals surface area contributed by atoms with E-state index < -0.39 is 0 Å². The average Bonchev–Trinajstić information content (AvgIpc) is 2.58. The van der Waals surface area contributed by atoms with Crippen LogP contribution in [0.25, 0.3) is 10.8 Å². The molecule has 0 saturated heterocycles. The summed E-state index contributed by atoms with van der Waals surface area (Å²) in [6, 6.07) is 13.9. The van der Waals surface area contributed by atoms with Crippen LogP contribution in [0.5, 0.6) is 5.75 Å². The number of fused-ring (bicyclic) bond motifs is 1. The van der Waals surface area contributed by atoms with Gasteiger partial charge in [-0.05, 0) is 54.5 Å². The Balaban J connectivity index is 1.52. The fourth-order valence-electron chi connectivity index (χ4n) is 2.94. The summed E-state index contributed by atoms with van der Waals surface area (Å²) < 4.78 is 5.56. The maximum absolute atomic E-state index is 11.9. The number of nitrogens with zero attached hydrogens (tertiary/aromatic N) is 1. The molecule has 1 aliphatic rings. The molecule has 120 valence electrons. The van der Waals surface area contributed by atoms with Crippen LogP contribution in [-0.2, 0) is 4.79 Å². The molecule has 0 aliphatic heterocycles. The fourth-order valence-corrected chi connectivity index (χ4v) is 2.94. The van der Waals surface area contributed by atoms with Gasteiger partial charge in [-0.1, -0.05) is 37.3 Å². The molecule has 0 radical (unpaired) electrons. The minimum absolute atomic E-state index is 0.0231. The molecule has 1 N–H and O–H groups in total. The van der Waals surface area contributed by atoms with Crippen molar-refractivity contribution in [3.8, 4) is 5.75 Å². The molecule has 1 amide bonds. The number of ether oxygens (including phenoxy) is 1. The van der Waals surface area contributed by atoms with E-state index in [4.69, 9.17) is 4.74 Å². The van der Waals surface area contributed by atoms with Gasteiger partial charge in [-0.2, -0.15) is 5.10 Å². The van der Waals surface area contributed by atoms with Crippen molar-refractivity contribution in [3.05, 3.63) is 42.5 Å². The second-order valence-corrected chi connectivity index (χ2v) is 6.21. The van der Waals surface area contributed by atoms with Gasteiger partial charge in [0.15, 0.2) is 6.61 Å². The van der Waals surface area contributed by atoms with Crippen molar-refractivity contribution in [2.45, 2.75) is 32.6 Å². The lowest BCUT2D eigenvalue weighted by molar-refractivity contribution is -0.123. The largest absolute Gasteiger partial charge is 0.484 e. The molecule has 2 aromatic rings. The van der Waals surface area contributed by atoms with E-state index in [9.17, 15) is 4.79 Å². The molecule has 0 unspecified atom stereocenters. The smallest absolute Gasteiger partial charge is 0.277 e. The van der Waals surface area contributed by atoms with Gasteiger partial charge in [0.25, 0.3) is 5.91 Å². The standard InChI is InChI=1S/C19H22N2O2/c1-14-5-4-8-17(11-14)20-21-19(22)13-23-18-10-9-15-6-2-3-7-16(15)12-18/h2-3,6-7,9-10,12,14H,4-5,8,11,13H2,1H3,(H,21,22)/t14-/m1/s1. The van der Waals surface area contributed by atoms with E-state index >= 15 is 0 Å². The van der Waals surface area contributed by atoms with Crippen LogP contribution >= 0.6 is 0 Å². The molecule has 1 fully saturated rings. The highest BCUT2D eigenvalue weighted by molar-refractivity contribution is 5.87. The van der Waals surface area contributed by atoms with Gasteiger partial charge in [-0.15, -0.1) is 0 Å². The van der Waals surface area contributed by atoms with Gasteiger partial charge in [0.2, 0.25) is 0 Å². The highest BCUT2D eigenvalue weighted by atomic mass is 16.5. The van der Waals surface area contributed by atoms with Crippen molar-refractivity contribution in [1.29, 1.82) is 0 Å². The third-order valence-electron chi connectivity index (χ3n) is 4.18. The number of hydrazone groups is 1. The van der Waals surface area contributed by atoms with Gasteiger partial charge in [-0.25, -0.2) is 5.43 Å². The van der Waals surface area contributed by atoms with Crippen molar-refractivity contribution in [2.75, 3.05) is 6.61 Å². The Morgan fingerprint density at radius 1 is 1.26 bits per heavy atom. The first kappa shape index (κ1) is 15.5. The Morgan fingerprint density at radius 2 is 2.09 bits per heavy atom. The summed E-state index contributed by atoms with van der Waals surface area (Å²) in [7, 11) is 0. The van der Waals surface area contributed by atoms with Gasteiger partial charge in [0.1, 0.15) is 5.75 Å². The van der Waals surface area contributed by atoms with Crippen LogP contribution in [-0.4, -0.2) is 18.2 Å². The van der Waals surface area contributed by atoms with Crippen molar-refractivity contribution in [1.82, 2.24) is 5.43 Å². The molecule has 4 heteroatoms. The average molecular weight is 310 g/mol. The number of amides is 1. The molecule has 0 bridgehead atoms. The molecule has 1 saturated carbocycles. The Bertz CT molecular complexity index is 724. The van der Waals surface area contributed by atoms with Crippen LogP contribution in [0, 0.1) is 5.92 Å². The number of hydrogen-bond acceptors (Lipinski definition) is 3. The zero-order valence-corrected chi connectivity index (χ0v) is 13.4. The van der Waals surface area contributed by atoms with Gasteiger partial charge < -0.3 is 4.74 Å². The number of benzene rings is 2. The summed E-state index contributed by atoms with van der Waals surface area (Å²) in [5.41, 5.74) is 3.69. The number of hydrogen-bond donors (Lipinski definition) is 1. The third kappa shape index (κ3) is 4.31. The summed E-state index contributed by atoms with van der Waals surface area (Å²) in [5, 5.41) is 6.49. The van der Waals surface area contributed by atoms with Crippen molar-refractivity contribution in [2.24, 2.45) is 11.0 Å². The van der Waals surface area contributed by atoms with Crippen LogP contribution in [0.15, 0.2) is 47.6 Å². The molecule has 1 aliphatic carbocycles. The van der Waals surface area contributed by atoms with Crippen molar-refractivity contribution < 1.29 is 9.53 Å². The minimum atomic E-state index is -0.219. The zero-order valence-electron chi connectivity index (χ0n) is 13.4. The van der Waals surface area contributed by atoms with Crippen LogP contribution in [0.3, 0.4) is 0 Å². The number of carbonyl (C=O) groups is 1. The lowest BCUT2D eigenvalue weighted by Crippen LogP contribution is -2.27. The van der Waals surface area contributed by atoms with Crippen LogP contribution < -0.4 is 10.2 Å². The van der Waals surface area contributed by atoms with Gasteiger partial charge in [0, 0.05) is 5.71 Å². The zero-order chi connectivity index (χ0) is 16.1. The van der Waals surface area contributed by atoms with Gasteiger partial charge in [-0.3, -0.25) is 4.79 Å². The Morgan fingerprint density at radius 3 is 2.91 bits per heavy atom. The first-order chi connectivity index (χ1) is 11.2. The lowest BCUT2D eigenvalue weighted by Gasteiger charge is -2.18. The normalized spacial score (nSPS) is 19.7. The SMILES string of the molecule is C[C@@H]1CCCC(=NNC(=O)COc2ccc3ccccc3c2)C1. The van der Waals surface area contributed by atoms with Crippen LogP contribution in [0.2, 0.25) is 0 Å². The van der Waals surface area contributed by atoms with Gasteiger partial charge >= 0.3 is 0 Å². The number of rotatable bonds is 4. The molecular formula is C19H22N2O2. The number of carbonyl (C=O) groups excluding carboxylic acids is 1. The van der Waals surface area contributed by atoms with E-state index in [1.165, 1.54) is 6.42 Å². The van der Waals surface area contributed by atoms with Crippen LogP contribution in [0.4, 0.5) is 0 Å². The highest BCUT2D eigenvalue weighted by Crippen LogP contribution is 2.21. The molecule has 4 nitrogen and oxygen atoms in total. The minimum Gasteiger partial charge on any atom is -0.484 e. The number of nitrogens with one attached hydrogen (secondary N) is 1. The Labute approximate surface area is 136 Å². The molecule has 0 heterocycles. The summed E-state index contributed by atoms with van der Waals surface area (Å²) in [5.74, 6) is 1.13. The molecule has 23 heavy (non-hydrogen) atoms. The fraction of sp³-hybridized carbons (Fsp3) is 0.368. The first-order valence-electron chi connectivity index (χ1n) is 8.16. The highest BCUT2D eigenvalue weighted by Gasteiger charge is 2.14. The Hall–Kier alpha value is -2.36. The molecule has 2 aromatic carbocycles. The third-order valence-corrected chi connectivity index (χ3v) is 4.18. The van der Waals surface area contributed by atoms with Crippen molar-refractivity contribution >= 4 is 22.4 Å². The molecule has 0 aromatic heterocycles. The summed E-state index contributed by atoms with van der Waals surface area (Å²) in [6.07, 6.45) is 4.36. The topological polar surface area (TPSA) is 50.7 Å². The molecule has 3 rings (SSSR count). The van der Waals surface area contributed by atoms with E-state index in [1.807, 2.05) is 42.5 Å². The summed E-state index contributed by atoms with van der Waals surface area (Å²) in [4.78, 5) is 11.9. The maximum Gasteiger partial charge on any atom is 0.277 e. The quantitative estimate of drug-likeness (QED) is 0.871. The van der Waals surface area contributed by atoms with E-state index in [0.29, 0.717) is 11.7 Å². The monoisotopic (exact) mass is 310 g/mol. The van der Waals surface area contributed by atoms with E-state index in [1.54, 1.807) is 0 Å². The van der Waals surface area contributed by atoms with E-state index in [2.05, 4.69) is 17.5 Å². The molecular weight excluding hydrogens is 288 g/mol. The molecule has 1 atom stereocenters. The summed E-state index contributed by atoms with van der Waals surface area (Å²) in [6.45, 7) is 2.20. The predicted octanol–water partition coefficient (Wildman–Crippen LogP) is 3.90. The second-order valence-electron chi connectivity index (χ2n) is 6.21. The second kappa shape index (κ2) is 7.27. The van der Waals surface area contributed by atoms with Gasteiger partial charge in [0.05, 0.1) is 0 Å². The lowest BCUT2D eigenvalue weighted by atomic mass is 9.89. The summed E-state index contributed by atoms with van der Waals surface area (Å²) >= 11 is 0. The van der Waals surface area contributed by atoms with Crippen molar-refractivity contribution in [3.63, 3.8) is 0 Å². The van der Waals surface area contributed by atoms with E-state index in [0.717, 1.165) is 35.7 Å². The Kier molecular flexibility index (Phi) is 4.91. The molecule has 0 spiro atoms.